The van der Waals surface area contributed by atoms with E-state index >= 15 is 0 Å². The van der Waals surface area contributed by atoms with Crippen LogP contribution in [0.15, 0.2) is 11.9 Å². The highest BCUT2D eigenvalue weighted by Gasteiger charge is 2.34. The lowest BCUT2D eigenvalue weighted by atomic mass is 10.0. The van der Waals surface area contributed by atoms with Crippen molar-refractivity contribution in [2.45, 2.75) is 39.1 Å². The zero-order valence-corrected chi connectivity index (χ0v) is 10.6. The Balaban J connectivity index is 2.65. The Morgan fingerprint density at radius 3 is 2.62 bits per heavy atom. The molecule has 0 radical (unpaired) electrons. The second kappa shape index (κ2) is 5.43. The monoisotopic (exact) mass is 250 g/mol. The molecule has 0 aromatic rings. The Bertz CT molecular complexity index is 296. The van der Waals surface area contributed by atoms with Gasteiger partial charge in [-0.15, -0.1) is 0 Å². The van der Waals surface area contributed by atoms with Crippen molar-refractivity contribution >= 4 is 7.60 Å². The maximum atomic E-state index is 10.7. The summed E-state index contributed by atoms with van der Waals surface area (Å²) in [5, 5.41) is 0. The highest BCUT2D eigenvalue weighted by Crippen LogP contribution is 2.38. The molecule has 0 aromatic heterocycles. The van der Waals surface area contributed by atoms with Crippen LogP contribution in [-0.2, 0) is 14.0 Å². The van der Waals surface area contributed by atoms with Gasteiger partial charge in [0.25, 0.3) is 0 Å². The van der Waals surface area contributed by atoms with Gasteiger partial charge in [-0.1, -0.05) is 6.08 Å². The van der Waals surface area contributed by atoms with E-state index in [-0.39, 0.29) is 24.2 Å². The van der Waals surface area contributed by atoms with Crippen LogP contribution in [0.5, 0.6) is 0 Å². The normalized spacial score (nSPS) is 31.8. The van der Waals surface area contributed by atoms with E-state index in [1.54, 1.807) is 0 Å². The lowest BCUT2D eigenvalue weighted by molar-refractivity contribution is -0.0375. The molecule has 1 aliphatic rings. The largest absolute Gasteiger partial charge is 0.375 e. The molecule has 6 heteroatoms. The van der Waals surface area contributed by atoms with Gasteiger partial charge in [-0.3, -0.25) is 4.57 Å². The molecule has 1 heterocycles. The standard InChI is InChI=1S/C10H19O5P/c1-7(2)15-10-8(3)14-6-9(10)4-5-16(11,12)13/h4-5,7-10H,6H2,1-3H3,(H2,11,12,13)/b5-4+/t8-,9-,10-/m0/s1. The zero-order chi connectivity index (χ0) is 12.3. The summed E-state index contributed by atoms with van der Waals surface area (Å²) in [4.78, 5) is 17.5. The van der Waals surface area contributed by atoms with E-state index in [0.717, 1.165) is 5.82 Å². The Morgan fingerprint density at radius 2 is 2.12 bits per heavy atom. The highest BCUT2D eigenvalue weighted by atomic mass is 31.2. The Labute approximate surface area is 95.6 Å². The van der Waals surface area contributed by atoms with Crippen LogP contribution >= 0.6 is 7.60 Å². The summed E-state index contributed by atoms with van der Waals surface area (Å²) >= 11 is 0. The van der Waals surface area contributed by atoms with Crippen LogP contribution in [0.25, 0.3) is 0 Å². The molecule has 0 bridgehead atoms. The first-order valence-electron chi connectivity index (χ1n) is 5.31. The van der Waals surface area contributed by atoms with Crippen LogP contribution in [0.4, 0.5) is 0 Å². The molecular formula is C10H19O5P. The van der Waals surface area contributed by atoms with Crippen LogP contribution < -0.4 is 0 Å². The van der Waals surface area contributed by atoms with E-state index in [1.165, 1.54) is 6.08 Å². The van der Waals surface area contributed by atoms with Gasteiger partial charge in [-0.2, -0.15) is 0 Å². The van der Waals surface area contributed by atoms with Crippen molar-refractivity contribution in [3.05, 3.63) is 11.9 Å². The summed E-state index contributed by atoms with van der Waals surface area (Å²) in [6.45, 7) is 6.19. The van der Waals surface area contributed by atoms with Crippen molar-refractivity contribution < 1.29 is 23.8 Å². The van der Waals surface area contributed by atoms with Gasteiger partial charge in [-0.25, -0.2) is 0 Å². The molecule has 0 unspecified atom stereocenters. The average molecular weight is 250 g/mol. The Morgan fingerprint density at radius 1 is 1.50 bits per heavy atom. The first kappa shape index (κ1) is 13.9. The number of ether oxygens (including phenoxy) is 2. The van der Waals surface area contributed by atoms with Gasteiger partial charge in [0.05, 0.1) is 24.9 Å². The summed E-state index contributed by atoms with van der Waals surface area (Å²) in [6, 6.07) is 0. The van der Waals surface area contributed by atoms with Crippen molar-refractivity contribution in [2.24, 2.45) is 5.92 Å². The van der Waals surface area contributed by atoms with Gasteiger partial charge < -0.3 is 19.3 Å². The number of rotatable bonds is 4. The van der Waals surface area contributed by atoms with Gasteiger partial charge in [0.1, 0.15) is 0 Å². The second-order valence-corrected chi connectivity index (χ2v) is 5.76. The second-order valence-electron chi connectivity index (χ2n) is 4.28. The quantitative estimate of drug-likeness (QED) is 0.739. The molecule has 16 heavy (non-hydrogen) atoms. The SMILES string of the molecule is CC(C)O[C@H]1[C@H](C)OC[C@@H]1/C=C/P(=O)(O)O. The third-order valence-electron chi connectivity index (χ3n) is 2.39. The summed E-state index contributed by atoms with van der Waals surface area (Å²) in [5.41, 5.74) is 0. The predicted octanol–water partition coefficient (Wildman–Crippen LogP) is 1.51. The van der Waals surface area contributed by atoms with Crippen molar-refractivity contribution in [2.75, 3.05) is 6.61 Å². The Hall–Kier alpha value is -0.190. The number of hydrogen-bond donors (Lipinski definition) is 2. The maximum Gasteiger partial charge on any atom is 0.348 e. The van der Waals surface area contributed by atoms with Crippen LogP contribution in [0, 0.1) is 5.92 Å². The zero-order valence-electron chi connectivity index (χ0n) is 9.74. The smallest absolute Gasteiger partial charge is 0.348 e. The minimum atomic E-state index is -4.09. The predicted molar refractivity (Wildman–Crippen MR) is 60.1 cm³/mol. The van der Waals surface area contributed by atoms with E-state index in [0.29, 0.717) is 6.61 Å². The fourth-order valence-electron chi connectivity index (χ4n) is 1.71. The fourth-order valence-corrected chi connectivity index (χ4v) is 2.16. The summed E-state index contributed by atoms with van der Waals surface area (Å²) < 4.78 is 21.8. The molecule has 1 rings (SSSR count). The molecule has 1 saturated heterocycles. The van der Waals surface area contributed by atoms with Crippen LogP contribution in [0.1, 0.15) is 20.8 Å². The van der Waals surface area contributed by atoms with Crippen molar-refractivity contribution in [1.82, 2.24) is 0 Å². The Kier molecular flexibility index (Phi) is 4.71. The third-order valence-corrected chi connectivity index (χ3v) is 2.95. The molecule has 3 atom stereocenters. The summed E-state index contributed by atoms with van der Waals surface area (Å²) in [6.07, 6.45) is 1.38. The molecule has 0 spiro atoms. The molecule has 94 valence electrons. The fraction of sp³-hybridized carbons (Fsp3) is 0.800. The van der Waals surface area contributed by atoms with Gasteiger partial charge in [0.15, 0.2) is 0 Å². The highest BCUT2D eigenvalue weighted by molar-refractivity contribution is 7.55. The lowest BCUT2D eigenvalue weighted by Crippen LogP contribution is -2.29. The minimum absolute atomic E-state index is 0.0474. The third kappa shape index (κ3) is 4.36. The first-order valence-corrected chi connectivity index (χ1v) is 6.99. The van der Waals surface area contributed by atoms with E-state index in [2.05, 4.69) is 0 Å². The number of hydrogen-bond acceptors (Lipinski definition) is 3. The van der Waals surface area contributed by atoms with Crippen LogP contribution in [0.3, 0.4) is 0 Å². The van der Waals surface area contributed by atoms with Gasteiger partial charge in [0.2, 0.25) is 0 Å². The molecular weight excluding hydrogens is 231 g/mol. The van der Waals surface area contributed by atoms with Crippen molar-refractivity contribution in [3.63, 3.8) is 0 Å². The average Bonchev–Trinajstić information content (AvgIpc) is 2.43. The van der Waals surface area contributed by atoms with Crippen LogP contribution in [0.2, 0.25) is 0 Å². The van der Waals surface area contributed by atoms with Crippen molar-refractivity contribution in [3.8, 4) is 0 Å². The van der Waals surface area contributed by atoms with Gasteiger partial charge in [0, 0.05) is 11.7 Å². The van der Waals surface area contributed by atoms with Gasteiger partial charge >= 0.3 is 7.60 Å². The molecule has 5 nitrogen and oxygen atoms in total. The molecule has 1 fully saturated rings. The summed E-state index contributed by atoms with van der Waals surface area (Å²) in [7, 11) is -4.09. The molecule has 0 amide bonds. The molecule has 0 saturated carbocycles. The molecule has 0 aromatic carbocycles. The molecule has 1 aliphatic heterocycles. The van der Waals surface area contributed by atoms with E-state index in [9.17, 15) is 4.57 Å². The van der Waals surface area contributed by atoms with E-state index < -0.39 is 7.60 Å². The van der Waals surface area contributed by atoms with Crippen molar-refractivity contribution in [1.29, 1.82) is 0 Å². The minimum Gasteiger partial charge on any atom is -0.375 e. The lowest BCUT2D eigenvalue weighted by Gasteiger charge is -2.21. The van der Waals surface area contributed by atoms with Crippen LogP contribution in [-0.4, -0.2) is 34.7 Å². The summed E-state index contributed by atoms with van der Waals surface area (Å²) in [5.74, 6) is 0.834. The van der Waals surface area contributed by atoms with E-state index in [4.69, 9.17) is 19.3 Å². The topological polar surface area (TPSA) is 76.0 Å². The van der Waals surface area contributed by atoms with E-state index in [1.807, 2.05) is 20.8 Å². The maximum absolute atomic E-state index is 10.7. The molecule has 0 aliphatic carbocycles. The van der Waals surface area contributed by atoms with Gasteiger partial charge in [-0.05, 0) is 20.8 Å². The first-order chi connectivity index (χ1) is 7.29. The molecule has 2 N–H and O–H groups in total.